The normalized spacial score (nSPS) is 12.8. The number of aliphatic hydroxyl groups is 2. The van der Waals surface area contributed by atoms with Crippen molar-refractivity contribution < 1.29 is 24.5 Å². The summed E-state index contributed by atoms with van der Waals surface area (Å²) in [5, 5.41) is 23.1. The van der Waals surface area contributed by atoms with Gasteiger partial charge in [-0.2, -0.15) is 0 Å². The van der Waals surface area contributed by atoms with E-state index in [1.807, 2.05) is 6.08 Å². The summed E-state index contributed by atoms with van der Waals surface area (Å²) in [4.78, 5) is 24.4. The highest BCUT2D eigenvalue weighted by atomic mass is 16.5. The van der Waals surface area contributed by atoms with Crippen molar-refractivity contribution in [2.45, 2.75) is 289 Å². The molecule has 6 nitrogen and oxygen atoms in total. The van der Waals surface area contributed by atoms with Gasteiger partial charge < -0.3 is 20.3 Å². The standard InChI is InChI=1S/C53H101NO5/c1-3-5-7-9-11-13-15-17-18-19-20-21-22-23-24-25-29-33-37-41-45-51(56)50(49-55)54-52(57)46-42-38-34-30-27-28-32-36-40-44-48-59-53(58)47-43-39-35-31-26-16-14-12-10-8-6-4-2/h12,14,41,45,50-51,55-56H,3-11,13,15-40,42-44,46-49H2,1-2H3,(H,54,57)/b14-12-,45-41+. The largest absolute Gasteiger partial charge is 0.466 e. The number of unbranched alkanes of at least 4 members (excludes halogenated alkanes) is 35. The highest BCUT2D eigenvalue weighted by Crippen LogP contribution is 2.16. The lowest BCUT2D eigenvalue weighted by atomic mass is 10.0. The van der Waals surface area contributed by atoms with Gasteiger partial charge in [0.05, 0.1) is 25.4 Å². The molecule has 2 atom stereocenters. The second-order valence-corrected chi connectivity index (χ2v) is 17.9. The van der Waals surface area contributed by atoms with Crippen LogP contribution in [0.1, 0.15) is 277 Å². The fourth-order valence-corrected chi connectivity index (χ4v) is 7.92. The Kier molecular flexibility index (Phi) is 47.6. The molecule has 0 aliphatic carbocycles. The summed E-state index contributed by atoms with van der Waals surface area (Å²) in [5.41, 5.74) is 0. The number of esters is 1. The number of nitrogens with one attached hydrogen (secondary N) is 1. The van der Waals surface area contributed by atoms with Crippen molar-refractivity contribution in [1.29, 1.82) is 0 Å². The third-order valence-corrected chi connectivity index (χ3v) is 12.0. The number of carbonyl (C=O) groups excluding carboxylic acids is 2. The zero-order valence-electron chi connectivity index (χ0n) is 39.5. The molecule has 348 valence electrons. The maximum atomic E-state index is 12.4. The van der Waals surface area contributed by atoms with Gasteiger partial charge in [0.15, 0.2) is 0 Å². The molecule has 0 radical (unpaired) electrons. The zero-order chi connectivity index (χ0) is 43.0. The van der Waals surface area contributed by atoms with Gasteiger partial charge >= 0.3 is 5.97 Å². The summed E-state index contributed by atoms with van der Waals surface area (Å²) < 4.78 is 5.43. The first-order chi connectivity index (χ1) is 29.0. The van der Waals surface area contributed by atoms with Gasteiger partial charge in [-0.1, -0.05) is 231 Å². The van der Waals surface area contributed by atoms with Gasteiger partial charge in [0.2, 0.25) is 5.91 Å². The molecule has 0 heterocycles. The smallest absolute Gasteiger partial charge is 0.305 e. The van der Waals surface area contributed by atoms with E-state index in [9.17, 15) is 19.8 Å². The minimum Gasteiger partial charge on any atom is -0.466 e. The highest BCUT2D eigenvalue weighted by Gasteiger charge is 2.18. The molecule has 1 amide bonds. The van der Waals surface area contributed by atoms with Crippen molar-refractivity contribution in [2.75, 3.05) is 13.2 Å². The number of aliphatic hydroxyl groups excluding tert-OH is 2. The number of amides is 1. The molecule has 0 rings (SSSR count). The Morgan fingerprint density at radius 3 is 1.24 bits per heavy atom. The third kappa shape index (κ3) is 45.7. The van der Waals surface area contributed by atoms with E-state index in [2.05, 4.69) is 31.3 Å². The maximum absolute atomic E-state index is 12.4. The molecule has 0 aromatic rings. The highest BCUT2D eigenvalue weighted by molar-refractivity contribution is 5.76. The average molecular weight is 832 g/mol. The summed E-state index contributed by atoms with van der Waals surface area (Å²) in [5.74, 6) is -0.121. The van der Waals surface area contributed by atoms with Gasteiger partial charge in [-0.25, -0.2) is 0 Å². The molecule has 0 aromatic heterocycles. The van der Waals surface area contributed by atoms with Gasteiger partial charge in [0.25, 0.3) is 0 Å². The van der Waals surface area contributed by atoms with Gasteiger partial charge in [-0.3, -0.25) is 9.59 Å². The number of carbonyl (C=O) groups is 2. The molecular formula is C53H101NO5. The van der Waals surface area contributed by atoms with E-state index in [4.69, 9.17) is 4.74 Å². The first-order valence-corrected chi connectivity index (χ1v) is 26.1. The zero-order valence-corrected chi connectivity index (χ0v) is 39.5. The van der Waals surface area contributed by atoms with Crippen molar-refractivity contribution in [3.8, 4) is 0 Å². The second kappa shape index (κ2) is 49.0. The van der Waals surface area contributed by atoms with Gasteiger partial charge in [0, 0.05) is 12.8 Å². The molecule has 0 bridgehead atoms. The van der Waals surface area contributed by atoms with Crippen LogP contribution in [-0.2, 0) is 14.3 Å². The molecule has 0 saturated carbocycles. The topological polar surface area (TPSA) is 95.9 Å². The van der Waals surface area contributed by atoms with E-state index >= 15 is 0 Å². The van der Waals surface area contributed by atoms with E-state index in [0.717, 1.165) is 57.8 Å². The van der Waals surface area contributed by atoms with Crippen molar-refractivity contribution in [1.82, 2.24) is 5.32 Å². The minimum absolute atomic E-state index is 0.0308. The predicted octanol–water partition coefficient (Wildman–Crippen LogP) is 15.5. The Hall–Kier alpha value is -1.66. The van der Waals surface area contributed by atoms with Gasteiger partial charge in [0.1, 0.15) is 0 Å². The molecule has 3 N–H and O–H groups in total. The summed E-state index contributed by atoms with van der Waals surface area (Å²) in [6.07, 6.45) is 57.5. The van der Waals surface area contributed by atoms with E-state index in [-0.39, 0.29) is 18.5 Å². The molecule has 2 unspecified atom stereocenters. The summed E-state index contributed by atoms with van der Waals surface area (Å²) >= 11 is 0. The quantitative estimate of drug-likeness (QED) is 0.0322. The fraction of sp³-hybridized carbons (Fsp3) is 0.887. The fourth-order valence-electron chi connectivity index (χ4n) is 7.92. The molecule has 59 heavy (non-hydrogen) atoms. The molecule has 0 aliphatic rings. The first kappa shape index (κ1) is 57.3. The monoisotopic (exact) mass is 832 g/mol. The maximum Gasteiger partial charge on any atom is 0.305 e. The number of ether oxygens (including phenoxy) is 1. The molecule has 0 spiro atoms. The van der Waals surface area contributed by atoms with Crippen molar-refractivity contribution >= 4 is 11.9 Å². The summed E-state index contributed by atoms with van der Waals surface area (Å²) in [7, 11) is 0. The molecule has 0 aliphatic heterocycles. The Morgan fingerprint density at radius 1 is 0.458 bits per heavy atom. The Labute approximate surface area is 367 Å². The second-order valence-electron chi connectivity index (χ2n) is 17.9. The van der Waals surface area contributed by atoms with Crippen LogP contribution < -0.4 is 5.32 Å². The van der Waals surface area contributed by atoms with E-state index in [1.54, 1.807) is 6.08 Å². The summed E-state index contributed by atoms with van der Waals surface area (Å²) in [6, 6.07) is -0.645. The number of hydrogen-bond donors (Lipinski definition) is 3. The van der Waals surface area contributed by atoms with Crippen LogP contribution in [0.2, 0.25) is 0 Å². The van der Waals surface area contributed by atoms with Crippen molar-refractivity contribution in [3.63, 3.8) is 0 Å². The lowest BCUT2D eigenvalue weighted by Crippen LogP contribution is -2.45. The first-order valence-electron chi connectivity index (χ1n) is 26.1. The average Bonchev–Trinajstić information content (AvgIpc) is 3.24. The number of hydrogen-bond acceptors (Lipinski definition) is 5. The predicted molar refractivity (Wildman–Crippen MR) is 255 cm³/mol. The van der Waals surface area contributed by atoms with Crippen LogP contribution in [0.5, 0.6) is 0 Å². The minimum atomic E-state index is -0.859. The van der Waals surface area contributed by atoms with E-state index in [1.165, 1.54) is 193 Å². The number of allylic oxidation sites excluding steroid dienone is 3. The van der Waals surface area contributed by atoms with Crippen LogP contribution in [0.15, 0.2) is 24.3 Å². The molecule has 0 saturated heterocycles. The molecule has 6 heteroatoms. The van der Waals surface area contributed by atoms with Crippen LogP contribution in [0.25, 0.3) is 0 Å². The number of rotatable bonds is 48. The van der Waals surface area contributed by atoms with Crippen LogP contribution in [0.3, 0.4) is 0 Å². The van der Waals surface area contributed by atoms with Crippen LogP contribution >= 0.6 is 0 Å². The summed E-state index contributed by atoms with van der Waals surface area (Å²) in [6.45, 7) is 4.83. The van der Waals surface area contributed by atoms with Crippen LogP contribution in [-0.4, -0.2) is 47.4 Å². The van der Waals surface area contributed by atoms with Crippen LogP contribution in [0.4, 0.5) is 0 Å². The van der Waals surface area contributed by atoms with Gasteiger partial charge in [-0.15, -0.1) is 0 Å². The lowest BCUT2D eigenvalue weighted by molar-refractivity contribution is -0.143. The van der Waals surface area contributed by atoms with Crippen molar-refractivity contribution in [2.24, 2.45) is 0 Å². The molecular weight excluding hydrogens is 731 g/mol. The molecule has 0 aromatic carbocycles. The van der Waals surface area contributed by atoms with Crippen LogP contribution in [0, 0.1) is 0 Å². The Morgan fingerprint density at radius 2 is 0.797 bits per heavy atom. The SMILES string of the molecule is CCCCC/C=C\CCCCCCCC(=O)OCCCCCCCCCCCCC(=O)NC(CO)C(O)/C=C/CCCCCCCCCCCCCCCCCCCC. The van der Waals surface area contributed by atoms with E-state index in [0.29, 0.717) is 19.4 Å². The molecule has 0 fully saturated rings. The lowest BCUT2D eigenvalue weighted by Gasteiger charge is -2.20. The van der Waals surface area contributed by atoms with E-state index < -0.39 is 12.1 Å². The van der Waals surface area contributed by atoms with Gasteiger partial charge in [-0.05, 0) is 57.8 Å². The third-order valence-electron chi connectivity index (χ3n) is 12.0. The van der Waals surface area contributed by atoms with Crippen molar-refractivity contribution in [3.05, 3.63) is 24.3 Å². The Balaban J connectivity index is 3.53. The Bertz CT molecular complexity index is 920.